The summed E-state index contributed by atoms with van der Waals surface area (Å²) in [4.78, 5) is 23.7. The number of nitrogens with one attached hydrogen (secondary N) is 1. The van der Waals surface area contributed by atoms with E-state index in [1.807, 2.05) is 19.9 Å². The van der Waals surface area contributed by atoms with E-state index in [0.717, 1.165) is 18.4 Å². The Labute approximate surface area is 156 Å². The van der Waals surface area contributed by atoms with Crippen molar-refractivity contribution in [1.82, 2.24) is 15.1 Å². The first-order valence-electron chi connectivity index (χ1n) is 8.78. The molecule has 1 aliphatic carbocycles. The van der Waals surface area contributed by atoms with Gasteiger partial charge in [0, 0.05) is 12.3 Å². The number of hydrogen-bond donors (Lipinski definition) is 1. The smallest absolute Gasteiger partial charge is 0.280 e. The van der Waals surface area contributed by atoms with E-state index in [4.69, 9.17) is 14.0 Å². The zero-order chi connectivity index (χ0) is 19.2. The lowest BCUT2D eigenvalue weighted by molar-refractivity contribution is 0.0776. The number of H-pyrrole nitrogens is 1. The summed E-state index contributed by atoms with van der Waals surface area (Å²) in [6.07, 6.45) is 8.37. The predicted molar refractivity (Wildman–Crippen MR) is 101 cm³/mol. The zero-order valence-electron chi connectivity index (χ0n) is 15.3. The number of aliphatic imine (C=N–C) groups is 1. The van der Waals surface area contributed by atoms with E-state index in [1.165, 1.54) is 18.5 Å². The SMILES string of the molecule is C=C(/C=C(\N=CC)OCC)C1CC(Oc2cnc(-c3cc(=O)[nH]o3)cn2)C1. The molecule has 2 aromatic rings. The average molecular weight is 370 g/mol. The van der Waals surface area contributed by atoms with Gasteiger partial charge in [0.25, 0.3) is 5.56 Å². The average Bonchev–Trinajstić information content (AvgIpc) is 3.05. The minimum atomic E-state index is -0.320. The van der Waals surface area contributed by atoms with E-state index < -0.39 is 0 Å². The van der Waals surface area contributed by atoms with Gasteiger partial charge in [-0.15, -0.1) is 0 Å². The van der Waals surface area contributed by atoms with Crippen LogP contribution >= 0.6 is 0 Å². The van der Waals surface area contributed by atoms with Gasteiger partial charge in [0.1, 0.15) is 11.8 Å². The summed E-state index contributed by atoms with van der Waals surface area (Å²) < 4.78 is 16.3. The van der Waals surface area contributed by atoms with Crippen molar-refractivity contribution in [3.8, 4) is 17.3 Å². The van der Waals surface area contributed by atoms with E-state index in [1.54, 1.807) is 6.21 Å². The molecule has 0 aromatic carbocycles. The molecule has 0 atom stereocenters. The second-order valence-electron chi connectivity index (χ2n) is 6.10. The molecule has 8 nitrogen and oxygen atoms in total. The number of nitrogens with zero attached hydrogens (tertiary/aromatic N) is 3. The highest BCUT2D eigenvalue weighted by molar-refractivity contribution is 5.55. The molecule has 0 aliphatic heterocycles. The molecule has 2 aromatic heterocycles. The standard InChI is InChI=1S/C19H22N4O4/c1-4-20-18(25-5-2)6-12(3)13-7-14(8-13)26-19-11-21-15(10-22-19)16-9-17(24)23-27-16/h4,6,9-11,13-14H,3,5,7-8H2,1-2H3,(H,23,24)/b18-6+,20-4?. The molecule has 0 spiro atoms. The van der Waals surface area contributed by atoms with Crippen molar-refractivity contribution in [2.75, 3.05) is 6.61 Å². The number of aromatic nitrogens is 3. The Balaban J connectivity index is 1.52. The van der Waals surface area contributed by atoms with E-state index in [9.17, 15) is 4.79 Å². The van der Waals surface area contributed by atoms with Gasteiger partial charge in [-0.3, -0.25) is 4.79 Å². The van der Waals surface area contributed by atoms with E-state index >= 15 is 0 Å². The maximum atomic E-state index is 11.1. The summed E-state index contributed by atoms with van der Waals surface area (Å²) in [7, 11) is 0. The van der Waals surface area contributed by atoms with Crippen LogP contribution in [0.3, 0.4) is 0 Å². The van der Waals surface area contributed by atoms with Gasteiger partial charge in [0.05, 0.1) is 25.1 Å². The van der Waals surface area contributed by atoms with Crippen LogP contribution in [-0.2, 0) is 4.74 Å². The summed E-state index contributed by atoms with van der Waals surface area (Å²) in [6, 6.07) is 1.32. The Morgan fingerprint density at radius 3 is 2.85 bits per heavy atom. The van der Waals surface area contributed by atoms with Gasteiger partial charge in [0.15, 0.2) is 5.76 Å². The summed E-state index contributed by atoms with van der Waals surface area (Å²) >= 11 is 0. The largest absolute Gasteiger partial charge is 0.478 e. The van der Waals surface area contributed by atoms with Crippen molar-refractivity contribution in [2.45, 2.75) is 32.8 Å². The third-order valence-corrected chi connectivity index (χ3v) is 4.17. The lowest BCUT2D eigenvalue weighted by Gasteiger charge is -2.35. The highest BCUT2D eigenvalue weighted by atomic mass is 16.5. The van der Waals surface area contributed by atoms with Gasteiger partial charge < -0.3 is 14.0 Å². The number of allylic oxidation sites excluding steroid dienone is 2. The number of rotatable bonds is 8. The van der Waals surface area contributed by atoms with E-state index in [2.05, 4.69) is 26.7 Å². The predicted octanol–water partition coefficient (Wildman–Crippen LogP) is 3.11. The molecule has 0 saturated heterocycles. The van der Waals surface area contributed by atoms with Crippen LogP contribution in [0.5, 0.6) is 5.88 Å². The molecule has 0 radical (unpaired) electrons. The summed E-state index contributed by atoms with van der Waals surface area (Å²) in [5.41, 5.74) is 1.12. The van der Waals surface area contributed by atoms with Crippen molar-refractivity contribution in [2.24, 2.45) is 10.9 Å². The first-order valence-corrected chi connectivity index (χ1v) is 8.78. The topological polar surface area (TPSA) is 103 Å². The van der Waals surface area contributed by atoms with Gasteiger partial charge in [-0.2, -0.15) is 5.16 Å². The summed E-state index contributed by atoms with van der Waals surface area (Å²) in [6.45, 7) is 8.45. The molecule has 0 bridgehead atoms. The first-order chi connectivity index (χ1) is 13.1. The Morgan fingerprint density at radius 1 is 1.44 bits per heavy atom. The number of ether oxygens (including phenoxy) is 2. The molecular formula is C19H22N4O4. The quantitative estimate of drug-likeness (QED) is 0.435. The van der Waals surface area contributed by atoms with Gasteiger partial charge in [0.2, 0.25) is 11.8 Å². The van der Waals surface area contributed by atoms with Crippen molar-refractivity contribution in [3.63, 3.8) is 0 Å². The Bertz CT molecular complexity index is 889. The van der Waals surface area contributed by atoms with Crippen molar-refractivity contribution in [3.05, 3.63) is 52.9 Å². The molecule has 1 N–H and O–H groups in total. The van der Waals surface area contributed by atoms with Gasteiger partial charge in [-0.05, 0) is 38.2 Å². The van der Waals surface area contributed by atoms with Crippen LogP contribution in [0.1, 0.15) is 26.7 Å². The fourth-order valence-electron chi connectivity index (χ4n) is 2.72. The molecule has 3 rings (SSSR count). The number of hydrogen-bond acceptors (Lipinski definition) is 7. The molecule has 27 heavy (non-hydrogen) atoms. The van der Waals surface area contributed by atoms with Crippen LogP contribution in [0.2, 0.25) is 0 Å². The fourth-order valence-corrected chi connectivity index (χ4v) is 2.72. The second kappa shape index (κ2) is 8.48. The Morgan fingerprint density at radius 2 is 2.26 bits per heavy atom. The van der Waals surface area contributed by atoms with Gasteiger partial charge in [-0.1, -0.05) is 6.58 Å². The maximum Gasteiger partial charge on any atom is 0.280 e. The minimum absolute atomic E-state index is 0.0655. The van der Waals surface area contributed by atoms with Crippen LogP contribution < -0.4 is 10.3 Å². The molecule has 142 valence electrons. The van der Waals surface area contributed by atoms with Crippen LogP contribution in [0.4, 0.5) is 0 Å². The van der Waals surface area contributed by atoms with Gasteiger partial charge >= 0.3 is 0 Å². The normalized spacial score (nSPS) is 19.7. The highest BCUT2D eigenvalue weighted by Crippen LogP contribution is 2.36. The molecule has 1 saturated carbocycles. The Kier molecular flexibility index (Phi) is 5.85. The molecule has 1 aliphatic rings. The van der Waals surface area contributed by atoms with Crippen LogP contribution in [0.15, 0.2) is 56.9 Å². The third-order valence-electron chi connectivity index (χ3n) is 4.17. The van der Waals surface area contributed by atoms with Gasteiger partial charge in [-0.25, -0.2) is 15.0 Å². The summed E-state index contributed by atoms with van der Waals surface area (Å²) in [5.74, 6) is 1.68. The van der Waals surface area contributed by atoms with Crippen molar-refractivity contribution in [1.29, 1.82) is 0 Å². The van der Waals surface area contributed by atoms with Crippen LogP contribution in [0, 0.1) is 5.92 Å². The van der Waals surface area contributed by atoms with Crippen molar-refractivity contribution < 1.29 is 14.0 Å². The fraction of sp³-hybridized carbons (Fsp3) is 0.368. The monoisotopic (exact) mass is 370 g/mol. The zero-order valence-corrected chi connectivity index (χ0v) is 15.3. The van der Waals surface area contributed by atoms with Crippen LogP contribution in [-0.4, -0.2) is 34.1 Å². The third kappa shape index (κ3) is 4.72. The highest BCUT2D eigenvalue weighted by Gasteiger charge is 2.32. The second-order valence-corrected chi connectivity index (χ2v) is 6.10. The van der Waals surface area contributed by atoms with Crippen molar-refractivity contribution >= 4 is 6.21 Å². The maximum absolute atomic E-state index is 11.1. The lowest BCUT2D eigenvalue weighted by atomic mass is 9.77. The molecule has 8 heteroatoms. The Hall–Kier alpha value is -3.16. The minimum Gasteiger partial charge on any atom is -0.478 e. The first kappa shape index (κ1) is 18.6. The lowest BCUT2D eigenvalue weighted by Crippen LogP contribution is -2.34. The van der Waals surface area contributed by atoms with Crippen LogP contribution in [0.25, 0.3) is 11.5 Å². The molecular weight excluding hydrogens is 348 g/mol. The molecule has 0 unspecified atom stereocenters. The summed E-state index contributed by atoms with van der Waals surface area (Å²) in [5, 5.41) is 2.22. The molecule has 0 amide bonds. The molecule has 2 heterocycles. The van der Waals surface area contributed by atoms with E-state index in [0.29, 0.717) is 35.7 Å². The van der Waals surface area contributed by atoms with E-state index in [-0.39, 0.29) is 11.7 Å². The number of aromatic amines is 1. The molecule has 1 fully saturated rings.